The summed E-state index contributed by atoms with van der Waals surface area (Å²) in [5.74, 6) is -1.28. The Morgan fingerprint density at radius 1 is 1.50 bits per heavy atom. The summed E-state index contributed by atoms with van der Waals surface area (Å²) in [4.78, 5) is 11.2. The second-order valence-corrected chi connectivity index (χ2v) is 5.70. The van der Waals surface area contributed by atoms with Crippen LogP contribution in [0.25, 0.3) is 0 Å². The van der Waals surface area contributed by atoms with Crippen LogP contribution in [0.5, 0.6) is 0 Å². The van der Waals surface area contributed by atoms with Crippen LogP contribution in [0.2, 0.25) is 0 Å². The Labute approximate surface area is 116 Å². The molecule has 8 heteroatoms. The van der Waals surface area contributed by atoms with Crippen LogP contribution in [0.3, 0.4) is 0 Å². The van der Waals surface area contributed by atoms with Gasteiger partial charge in [0.15, 0.2) is 0 Å². The first-order chi connectivity index (χ1) is 9.31. The maximum atomic E-state index is 13.1. The molecule has 1 aromatic carbocycles. The molecule has 0 aliphatic carbocycles. The van der Waals surface area contributed by atoms with E-state index in [1.165, 1.54) is 6.92 Å². The predicted octanol–water partition coefficient (Wildman–Crippen LogP) is 0.500. The minimum absolute atomic E-state index is 0.272. The Morgan fingerprint density at radius 3 is 2.70 bits per heavy atom. The molecule has 0 aliphatic heterocycles. The number of amides is 1. The Bertz CT molecular complexity index is 652. The molecule has 108 valence electrons. The number of carbonyl (C=O) groups is 1. The van der Waals surface area contributed by atoms with Crippen LogP contribution >= 0.6 is 0 Å². The van der Waals surface area contributed by atoms with Crippen molar-refractivity contribution in [2.45, 2.75) is 24.8 Å². The molecule has 2 N–H and O–H groups in total. The number of nitrogens with one attached hydrogen (secondary N) is 2. The normalized spacial score (nSPS) is 12.5. The van der Waals surface area contributed by atoms with E-state index in [1.807, 2.05) is 0 Å². The average Bonchev–Trinajstić information content (AvgIpc) is 2.38. The van der Waals surface area contributed by atoms with Gasteiger partial charge in [-0.15, -0.1) is 0 Å². The molecule has 20 heavy (non-hydrogen) atoms. The first-order valence-corrected chi connectivity index (χ1v) is 7.29. The number of rotatable bonds is 5. The van der Waals surface area contributed by atoms with Gasteiger partial charge in [-0.1, -0.05) is 0 Å². The fourth-order valence-electron chi connectivity index (χ4n) is 1.44. The van der Waals surface area contributed by atoms with E-state index in [-0.39, 0.29) is 10.5 Å². The molecule has 0 saturated carbocycles. The smallest absolute Gasteiger partial charge is 0.241 e. The van der Waals surface area contributed by atoms with E-state index >= 15 is 0 Å². The molecule has 0 radical (unpaired) electrons. The third-order valence-corrected chi connectivity index (χ3v) is 3.98. The molecule has 6 nitrogen and oxygen atoms in total. The molecule has 0 heterocycles. The van der Waals surface area contributed by atoms with E-state index in [0.717, 1.165) is 18.2 Å². The Kier molecular flexibility index (Phi) is 5.19. The molecule has 0 aromatic heterocycles. The van der Waals surface area contributed by atoms with Crippen molar-refractivity contribution in [3.05, 3.63) is 29.6 Å². The van der Waals surface area contributed by atoms with E-state index < -0.39 is 27.8 Å². The first-order valence-electron chi connectivity index (χ1n) is 5.81. The van der Waals surface area contributed by atoms with Gasteiger partial charge in [0.1, 0.15) is 11.9 Å². The quantitative estimate of drug-likeness (QED) is 0.827. The minimum atomic E-state index is -4.00. The van der Waals surface area contributed by atoms with Crippen LogP contribution in [0.15, 0.2) is 23.1 Å². The highest BCUT2D eigenvalue weighted by Crippen LogP contribution is 2.14. The zero-order valence-corrected chi connectivity index (χ0v) is 11.8. The lowest BCUT2D eigenvalue weighted by molar-refractivity contribution is -0.122. The minimum Gasteiger partial charge on any atom is -0.355 e. The van der Waals surface area contributed by atoms with Gasteiger partial charge in [0.25, 0.3) is 0 Å². The molecule has 0 unspecified atom stereocenters. The number of nitrogens with zero attached hydrogens (tertiary/aromatic N) is 1. The number of halogens is 1. The van der Waals surface area contributed by atoms with Crippen molar-refractivity contribution in [2.24, 2.45) is 0 Å². The molecule has 1 atom stereocenters. The SMILES string of the molecule is CCNC(=O)[C@@H](C)NS(=O)(=O)c1ccc(F)c(C#N)c1. The Hall–Kier alpha value is -1.98. The summed E-state index contributed by atoms with van der Waals surface area (Å²) in [6.45, 7) is 3.47. The number of benzene rings is 1. The number of nitriles is 1. The van der Waals surface area contributed by atoms with Gasteiger partial charge in [-0.05, 0) is 32.0 Å². The Balaban J connectivity index is 3.00. The first kappa shape index (κ1) is 16.1. The molecule has 1 amide bonds. The van der Waals surface area contributed by atoms with Crippen molar-refractivity contribution in [2.75, 3.05) is 6.54 Å². The van der Waals surface area contributed by atoms with Crippen LogP contribution < -0.4 is 10.0 Å². The highest BCUT2D eigenvalue weighted by Gasteiger charge is 2.22. The molecule has 0 aliphatic rings. The fraction of sp³-hybridized carbons (Fsp3) is 0.333. The second kappa shape index (κ2) is 6.45. The van der Waals surface area contributed by atoms with Crippen molar-refractivity contribution in [1.29, 1.82) is 5.26 Å². The highest BCUT2D eigenvalue weighted by molar-refractivity contribution is 7.89. The zero-order valence-electron chi connectivity index (χ0n) is 11.0. The largest absolute Gasteiger partial charge is 0.355 e. The van der Waals surface area contributed by atoms with E-state index in [2.05, 4.69) is 10.0 Å². The third kappa shape index (κ3) is 3.76. The number of hydrogen-bond acceptors (Lipinski definition) is 4. The van der Waals surface area contributed by atoms with E-state index in [1.54, 1.807) is 13.0 Å². The molecular formula is C12H14FN3O3S. The molecule has 1 aromatic rings. The standard InChI is InChI=1S/C12H14FN3O3S/c1-3-15-12(17)8(2)16-20(18,19)10-4-5-11(13)9(6-10)7-14/h4-6,8,16H,3H2,1-2H3,(H,15,17)/t8-/m1/s1. The molecule has 0 bridgehead atoms. The summed E-state index contributed by atoms with van der Waals surface area (Å²) in [5.41, 5.74) is -0.376. The Morgan fingerprint density at radius 2 is 2.15 bits per heavy atom. The van der Waals surface area contributed by atoms with Crippen molar-refractivity contribution in [3.63, 3.8) is 0 Å². The van der Waals surface area contributed by atoms with Crippen LogP contribution in [0.4, 0.5) is 4.39 Å². The summed E-state index contributed by atoms with van der Waals surface area (Å²) in [5, 5.41) is 11.2. The molecule has 0 spiro atoms. The van der Waals surface area contributed by atoms with Gasteiger partial charge in [-0.25, -0.2) is 12.8 Å². The lowest BCUT2D eigenvalue weighted by Crippen LogP contribution is -2.44. The summed E-state index contributed by atoms with van der Waals surface area (Å²) >= 11 is 0. The molecule has 1 rings (SSSR count). The van der Waals surface area contributed by atoms with Crippen molar-refractivity contribution in [3.8, 4) is 6.07 Å². The summed E-state index contributed by atoms with van der Waals surface area (Å²) in [7, 11) is -4.00. The van der Waals surface area contributed by atoms with Gasteiger partial charge < -0.3 is 5.32 Å². The van der Waals surface area contributed by atoms with E-state index in [0.29, 0.717) is 6.54 Å². The second-order valence-electron chi connectivity index (χ2n) is 3.99. The van der Waals surface area contributed by atoms with Crippen molar-refractivity contribution in [1.82, 2.24) is 10.0 Å². The highest BCUT2D eigenvalue weighted by atomic mass is 32.2. The van der Waals surface area contributed by atoms with E-state index in [9.17, 15) is 17.6 Å². The van der Waals surface area contributed by atoms with Crippen LogP contribution in [0.1, 0.15) is 19.4 Å². The number of hydrogen-bond donors (Lipinski definition) is 2. The van der Waals surface area contributed by atoms with Gasteiger partial charge in [-0.2, -0.15) is 9.98 Å². The maximum absolute atomic E-state index is 13.1. The third-order valence-electron chi connectivity index (χ3n) is 2.44. The number of likely N-dealkylation sites (N-methyl/N-ethyl adjacent to an activating group) is 1. The van der Waals surface area contributed by atoms with Crippen molar-refractivity contribution >= 4 is 15.9 Å². The van der Waals surface area contributed by atoms with Gasteiger partial charge in [0.05, 0.1) is 16.5 Å². The van der Waals surface area contributed by atoms with Gasteiger partial charge in [0.2, 0.25) is 15.9 Å². The zero-order chi connectivity index (χ0) is 15.3. The van der Waals surface area contributed by atoms with Crippen LogP contribution in [0, 0.1) is 17.1 Å². The van der Waals surface area contributed by atoms with Crippen LogP contribution in [-0.4, -0.2) is 26.9 Å². The fourth-order valence-corrected chi connectivity index (χ4v) is 2.67. The molecule has 0 saturated heterocycles. The molecular weight excluding hydrogens is 285 g/mol. The topological polar surface area (TPSA) is 99.1 Å². The lowest BCUT2D eigenvalue weighted by atomic mass is 10.2. The average molecular weight is 299 g/mol. The monoisotopic (exact) mass is 299 g/mol. The number of sulfonamides is 1. The summed E-state index contributed by atoms with van der Waals surface area (Å²) in [6, 6.07) is 3.42. The van der Waals surface area contributed by atoms with Gasteiger partial charge in [-0.3, -0.25) is 4.79 Å². The summed E-state index contributed by atoms with van der Waals surface area (Å²) in [6.07, 6.45) is 0. The maximum Gasteiger partial charge on any atom is 0.241 e. The van der Waals surface area contributed by atoms with E-state index in [4.69, 9.17) is 5.26 Å². The predicted molar refractivity (Wildman–Crippen MR) is 69.6 cm³/mol. The number of carbonyl (C=O) groups excluding carboxylic acids is 1. The van der Waals surface area contributed by atoms with Crippen molar-refractivity contribution < 1.29 is 17.6 Å². The molecule has 0 fully saturated rings. The van der Waals surface area contributed by atoms with Gasteiger partial charge >= 0.3 is 0 Å². The van der Waals surface area contributed by atoms with Gasteiger partial charge in [0, 0.05) is 6.54 Å². The summed E-state index contributed by atoms with van der Waals surface area (Å²) < 4.78 is 39.3. The van der Waals surface area contributed by atoms with Crippen LogP contribution in [-0.2, 0) is 14.8 Å². The lowest BCUT2D eigenvalue weighted by Gasteiger charge is -2.13.